The number of phosphoric ester groups is 1. The lowest BCUT2D eigenvalue weighted by Crippen LogP contribution is -2.13. The van der Waals surface area contributed by atoms with Crippen LogP contribution in [0.25, 0.3) is 0 Å². The highest BCUT2D eigenvalue weighted by Crippen LogP contribution is 2.47. The van der Waals surface area contributed by atoms with Crippen LogP contribution in [0.1, 0.15) is 11.1 Å². The molecule has 0 aromatic heterocycles. The van der Waals surface area contributed by atoms with Crippen LogP contribution in [0.3, 0.4) is 0 Å². The first-order chi connectivity index (χ1) is 9.25. The van der Waals surface area contributed by atoms with Gasteiger partial charge in [-0.1, -0.05) is 0 Å². The molecular formula is C8H4F6IO5P. The van der Waals surface area contributed by atoms with Gasteiger partial charge in [-0.3, -0.25) is 12.9 Å². The lowest BCUT2D eigenvalue weighted by Gasteiger charge is -2.17. The van der Waals surface area contributed by atoms with Crippen molar-refractivity contribution < 1.29 is 48.3 Å². The minimum absolute atomic E-state index is 0.0404. The number of hydrogen-bond donors (Lipinski definition) is 2. The topological polar surface area (TPSA) is 83.8 Å². The van der Waals surface area contributed by atoms with E-state index in [4.69, 9.17) is 9.79 Å². The standard InChI is InChI=1S/C8H4F6IO5P/c9-7(10,11)3-1-4(8(12,13)14)6(15-16)5(2-3)20-21(17,18)19/h1-2H,(H2,17,18,19). The third-order valence-electron chi connectivity index (χ3n) is 1.97. The maximum Gasteiger partial charge on any atom is 0.524 e. The second-order valence-electron chi connectivity index (χ2n) is 3.49. The molecule has 0 bridgehead atoms. The zero-order valence-corrected chi connectivity index (χ0v) is 12.4. The lowest BCUT2D eigenvalue weighted by atomic mass is 10.1. The monoisotopic (exact) mass is 452 g/mol. The highest BCUT2D eigenvalue weighted by atomic mass is 127. The van der Waals surface area contributed by atoms with Crippen LogP contribution < -0.4 is 4.52 Å². The van der Waals surface area contributed by atoms with Crippen LogP contribution in [-0.2, 0) is 20.0 Å². The van der Waals surface area contributed by atoms with E-state index < -0.39 is 61.8 Å². The molecular weight excluding hydrogens is 448 g/mol. The highest BCUT2D eigenvalue weighted by molar-refractivity contribution is 14.1. The molecule has 0 spiro atoms. The van der Waals surface area contributed by atoms with E-state index in [2.05, 4.69) is 4.52 Å². The van der Waals surface area contributed by atoms with Crippen LogP contribution in [0.2, 0.25) is 0 Å². The molecule has 1 rings (SSSR count). The summed E-state index contributed by atoms with van der Waals surface area (Å²) < 4.78 is 99.6. The summed E-state index contributed by atoms with van der Waals surface area (Å²) in [5, 5.41) is 0. The van der Waals surface area contributed by atoms with Gasteiger partial charge in [0.15, 0.2) is 21.2 Å². The summed E-state index contributed by atoms with van der Waals surface area (Å²) >= 11 is -2.71. The molecule has 0 aliphatic carbocycles. The molecule has 13 heteroatoms. The van der Waals surface area contributed by atoms with E-state index in [9.17, 15) is 34.0 Å². The van der Waals surface area contributed by atoms with Crippen molar-refractivity contribution in [2.75, 3.05) is 0 Å². The average Bonchev–Trinajstić information content (AvgIpc) is 2.23. The summed E-state index contributed by atoms with van der Waals surface area (Å²) in [5.74, 6) is -1.41. The maximum absolute atomic E-state index is 12.7. The van der Waals surface area contributed by atoms with Crippen molar-refractivity contribution in [3.63, 3.8) is 0 Å². The fourth-order valence-electron chi connectivity index (χ4n) is 1.24. The molecule has 0 amide bonds. The van der Waals surface area contributed by atoms with Crippen LogP contribution in [0.4, 0.5) is 26.3 Å². The first kappa shape index (κ1) is 18.3. The maximum atomic E-state index is 12.7. The van der Waals surface area contributed by atoms with Crippen LogP contribution in [-0.4, -0.2) is 9.79 Å². The molecule has 0 atom stereocenters. The van der Waals surface area contributed by atoms with Crippen molar-refractivity contribution in [3.8, 4) is 5.75 Å². The van der Waals surface area contributed by atoms with Gasteiger partial charge in [0, 0.05) is 0 Å². The van der Waals surface area contributed by atoms with Gasteiger partial charge < -0.3 is 4.52 Å². The number of alkyl halides is 6. The Morgan fingerprint density at radius 3 is 1.90 bits per heavy atom. The van der Waals surface area contributed by atoms with Gasteiger partial charge in [-0.15, -0.1) is 0 Å². The molecule has 1 aromatic rings. The fraction of sp³-hybridized carbons (Fsp3) is 0.250. The molecule has 0 aliphatic heterocycles. The molecule has 0 unspecified atom stereocenters. The summed E-state index contributed by atoms with van der Waals surface area (Å²) in [4.78, 5) is 17.0. The Hall–Kier alpha value is -0.720. The minimum Gasteiger partial charge on any atom is -0.403 e. The smallest absolute Gasteiger partial charge is 0.403 e. The van der Waals surface area contributed by atoms with Gasteiger partial charge in [-0.2, -0.15) is 26.3 Å². The predicted molar refractivity (Wildman–Crippen MR) is 62.5 cm³/mol. The summed E-state index contributed by atoms with van der Waals surface area (Å²) in [6.45, 7) is 0. The third kappa shape index (κ3) is 4.90. The first-order valence-electron chi connectivity index (χ1n) is 4.60. The quantitative estimate of drug-likeness (QED) is 0.416. The van der Waals surface area contributed by atoms with Crippen LogP contribution in [0.15, 0.2) is 12.1 Å². The van der Waals surface area contributed by atoms with E-state index in [1.54, 1.807) is 0 Å². The zero-order valence-electron chi connectivity index (χ0n) is 9.37. The highest BCUT2D eigenvalue weighted by Gasteiger charge is 2.41. The molecule has 0 saturated heterocycles. The van der Waals surface area contributed by atoms with E-state index >= 15 is 0 Å². The Morgan fingerprint density at radius 1 is 1.05 bits per heavy atom. The number of rotatable bonds is 3. The second kappa shape index (κ2) is 5.82. The zero-order chi connectivity index (χ0) is 16.6. The molecule has 21 heavy (non-hydrogen) atoms. The summed E-state index contributed by atoms with van der Waals surface area (Å²) in [6, 6.07) is -0.333. The van der Waals surface area contributed by atoms with Gasteiger partial charge in [-0.25, -0.2) is 4.57 Å². The van der Waals surface area contributed by atoms with Crippen molar-refractivity contribution in [2.24, 2.45) is 0 Å². The summed E-state index contributed by atoms with van der Waals surface area (Å²) in [6.07, 6.45) is -10.5. The number of benzene rings is 1. The van der Waals surface area contributed by atoms with Gasteiger partial charge in [-0.05, 0) is 12.1 Å². The SMILES string of the molecule is O=Ic1c(OP(=O)(O)O)cc(C(F)(F)F)cc1C(F)(F)F. The number of halogens is 7. The van der Waals surface area contributed by atoms with Crippen molar-refractivity contribution >= 4 is 29.0 Å². The summed E-state index contributed by atoms with van der Waals surface area (Å²) in [5.41, 5.74) is -3.75. The Balaban J connectivity index is 3.68. The largest absolute Gasteiger partial charge is 0.524 e. The molecule has 2 N–H and O–H groups in total. The molecule has 1 aromatic carbocycles. The molecule has 0 fully saturated rings. The first-order valence-corrected chi connectivity index (χ1v) is 8.09. The second-order valence-corrected chi connectivity index (χ2v) is 6.17. The van der Waals surface area contributed by atoms with Gasteiger partial charge in [0.2, 0.25) is 0 Å². The Labute approximate surface area is 122 Å². The molecule has 0 heterocycles. The van der Waals surface area contributed by atoms with Crippen molar-refractivity contribution in [2.45, 2.75) is 12.4 Å². The molecule has 5 nitrogen and oxygen atoms in total. The minimum atomic E-state index is -5.43. The van der Waals surface area contributed by atoms with Crippen LogP contribution in [0.5, 0.6) is 5.75 Å². The molecule has 0 aliphatic rings. The third-order valence-corrected chi connectivity index (χ3v) is 3.95. The lowest BCUT2D eigenvalue weighted by molar-refractivity contribution is -0.143. The van der Waals surface area contributed by atoms with E-state index in [1.807, 2.05) is 0 Å². The van der Waals surface area contributed by atoms with E-state index in [0.29, 0.717) is 0 Å². The Bertz CT molecular complexity index is 606. The van der Waals surface area contributed by atoms with Gasteiger partial charge in [0.1, 0.15) is 9.32 Å². The van der Waals surface area contributed by atoms with Crippen molar-refractivity contribution in [1.82, 2.24) is 0 Å². The Morgan fingerprint density at radius 2 is 1.57 bits per heavy atom. The molecule has 0 radical (unpaired) electrons. The normalized spacial score (nSPS) is 13.3. The van der Waals surface area contributed by atoms with E-state index in [1.165, 1.54) is 0 Å². The van der Waals surface area contributed by atoms with Crippen molar-refractivity contribution in [1.29, 1.82) is 0 Å². The van der Waals surface area contributed by atoms with E-state index in [0.717, 1.165) is 0 Å². The average molecular weight is 452 g/mol. The predicted octanol–water partition coefficient (Wildman–Crippen LogP) is 3.68. The summed E-state index contributed by atoms with van der Waals surface area (Å²) in [7, 11) is -5.43. The fourth-order valence-corrected chi connectivity index (χ4v) is 3.00. The Kier molecular flexibility index (Phi) is 5.08. The van der Waals surface area contributed by atoms with Gasteiger partial charge in [0.25, 0.3) is 0 Å². The van der Waals surface area contributed by atoms with Gasteiger partial charge in [0.05, 0.1) is 11.1 Å². The van der Waals surface area contributed by atoms with Gasteiger partial charge >= 0.3 is 20.2 Å². The number of phosphoric acid groups is 1. The van der Waals surface area contributed by atoms with Crippen molar-refractivity contribution in [3.05, 3.63) is 26.8 Å². The van der Waals surface area contributed by atoms with E-state index in [-0.39, 0.29) is 12.1 Å². The van der Waals surface area contributed by atoms with Crippen LogP contribution in [0, 0.1) is 3.57 Å². The van der Waals surface area contributed by atoms with Crippen LogP contribution >= 0.6 is 29.0 Å². The molecule has 0 saturated carbocycles. The molecule has 120 valence electrons. The number of hydrogen-bond acceptors (Lipinski definition) is 3.